The van der Waals surface area contributed by atoms with E-state index in [1.165, 1.54) is 19.4 Å². The van der Waals surface area contributed by atoms with Gasteiger partial charge in [-0.15, -0.1) is 0 Å². The van der Waals surface area contributed by atoms with Gasteiger partial charge in [-0.1, -0.05) is 38.5 Å². The summed E-state index contributed by atoms with van der Waals surface area (Å²) < 4.78 is 21.4. The average Bonchev–Trinajstić information content (AvgIpc) is 2.82. The van der Waals surface area contributed by atoms with Crippen molar-refractivity contribution in [3.05, 3.63) is 65.0 Å². The Labute approximate surface area is 185 Å². The van der Waals surface area contributed by atoms with Crippen LogP contribution in [0.4, 0.5) is 0 Å². The Hall–Kier alpha value is -3.81. The number of rotatable bonds is 9. The predicted octanol–water partition coefficient (Wildman–Crippen LogP) is 3.67. The second-order valence-electron chi connectivity index (χ2n) is 7.24. The summed E-state index contributed by atoms with van der Waals surface area (Å²) in [5.74, 6) is -0.134. The van der Waals surface area contributed by atoms with Crippen molar-refractivity contribution in [2.75, 3.05) is 13.7 Å². The lowest BCUT2D eigenvalue weighted by Gasteiger charge is -2.21. The van der Waals surface area contributed by atoms with Gasteiger partial charge < -0.3 is 23.9 Å². The SMILES string of the molecule is CCC(C)C(NC(=O)COc1ccc2c(=O)c(Oc3ccccc3)coc2c1)C(=O)OC. The van der Waals surface area contributed by atoms with E-state index in [1.807, 2.05) is 19.9 Å². The minimum Gasteiger partial charge on any atom is -0.484 e. The molecule has 3 rings (SSSR count). The quantitative estimate of drug-likeness (QED) is 0.507. The smallest absolute Gasteiger partial charge is 0.328 e. The molecule has 0 aliphatic carbocycles. The van der Waals surface area contributed by atoms with E-state index in [0.29, 0.717) is 28.9 Å². The molecule has 2 unspecified atom stereocenters. The molecule has 32 heavy (non-hydrogen) atoms. The molecule has 3 aromatic rings. The van der Waals surface area contributed by atoms with Crippen LogP contribution in [0.1, 0.15) is 20.3 Å². The summed E-state index contributed by atoms with van der Waals surface area (Å²) in [6.45, 7) is 3.46. The van der Waals surface area contributed by atoms with E-state index >= 15 is 0 Å². The van der Waals surface area contributed by atoms with Crippen LogP contribution in [0, 0.1) is 5.92 Å². The van der Waals surface area contributed by atoms with Gasteiger partial charge in [-0.3, -0.25) is 9.59 Å². The normalized spacial score (nSPS) is 12.6. The van der Waals surface area contributed by atoms with Gasteiger partial charge in [0.05, 0.1) is 12.5 Å². The van der Waals surface area contributed by atoms with Gasteiger partial charge in [0.25, 0.3) is 5.91 Å². The number of methoxy groups -OCH3 is 1. The van der Waals surface area contributed by atoms with Gasteiger partial charge in [-0.2, -0.15) is 0 Å². The van der Waals surface area contributed by atoms with Gasteiger partial charge in [0.2, 0.25) is 11.2 Å². The summed E-state index contributed by atoms with van der Waals surface area (Å²) in [6.07, 6.45) is 1.93. The van der Waals surface area contributed by atoms with Crippen LogP contribution in [0.5, 0.6) is 17.2 Å². The molecule has 0 aliphatic rings. The van der Waals surface area contributed by atoms with Crippen LogP contribution < -0.4 is 20.2 Å². The Morgan fingerprint density at radius 1 is 1.09 bits per heavy atom. The molecular formula is C24H25NO7. The van der Waals surface area contributed by atoms with Crippen LogP contribution in [0.15, 0.2) is 64.0 Å². The maximum atomic E-state index is 12.7. The van der Waals surface area contributed by atoms with Crippen LogP contribution in [0.3, 0.4) is 0 Å². The average molecular weight is 439 g/mol. The molecule has 0 spiro atoms. The topological polar surface area (TPSA) is 104 Å². The molecule has 1 amide bonds. The Bertz CT molecular complexity index is 1140. The molecular weight excluding hydrogens is 414 g/mol. The summed E-state index contributed by atoms with van der Waals surface area (Å²) in [7, 11) is 1.28. The lowest BCUT2D eigenvalue weighted by molar-refractivity contribution is -0.146. The van der Waals surface area contributed by atoms with Crippen molar-refractivity contribution in [1.29, 1.82) is 0 Å². The lowest BCUT2D eigenvalue weighted by atomic mass is 9.99. The molecule has 1 aromatic heterocycles. The van der Waals surface area contributed by atoms with Crippen molar-refractivity contribution in [3.8, 4) is 17.2 Å². The number of esters is 1. The third-order valence-electron chi connectivity index (χ3n) is 5.04. The molecule has 1 N–H and O–H groups in total. The highest BCUT2D eigenvalue weighted by Gasteiger charge is 2.26. The molecule has 0 radical (unpaired) electrons. The first-order chi connectivity index (χ1) is 15.4. The number of fused-ring (bicyclic) bond motifs is 1. The van der Waals surface area contributed by atoms with Crippen molar-refractivity contribution < 1.29 is 28.2 Å². The minimum atomic E-state index is -0.751. The number of hydrogen-bond donors (Lipinski definition) is 1. The predicted molar refractivity (Wildman–Crippen MR) is 118 cm³/mol. The Balaban J connectivity index is 1.68. The van der Waals surface area contributed by atoms with Crippen molar-refractivity contribution in [2.45, 2.75) is 26.3 Å². The summed E-state index contributed by atoms with van der Waals surface area (Å²) in [6, 6.07) is 12.8. The van der Waals surface area contributed by atoms with Gasteiger partial charge in [0, 0.05) is 6.07 Å². The van der Waals surface area contributed by atoms with E-state index in [2.05, 4.69) is 5.32 Å². The molecule has 2 atom stereocenters. The number of ether oxygens (including phenoxy) is 3. The number of amides is 1. The van der Waals surface area contributed by atoms with Gasteiger partial charge in [0.1, 0.15) is 29.4 Å². The highest BCUT2D eigenvalue weighted by molar-refractivity contribution is 5.85. The van der Waals surface area contributed by atoms with Gasteiger partial charge in [-0.25, -0.2) is 4.79 Å². The molecule has 2 aromatic carbocycles. The van der Waals surface area contributed by atoms with Crippen molar-refractivity contribution in [3.63, 3.8) is 0 Å². The zero-order valence-electron chi connectivity index (χ0n) is 18.1. The van der Waals surface area contributed by atoms with Crippen LogP contribution in [0.2, 0.25) is 0 Å². The zero-order valence-corrected chi connectivity index (χ0v) is 18.1. The first-order valence-electron chi connectivity index (χ1n) is 10.2. The van der Waals surface area contributed by atoms with Crippen molar-refractivity contribution >= 4 is 22.8 Å². The number of carbonyl (C=O) groups excluding carboxylic acids is 2. The third-order valence-corrected chi connectivity index (χ3v) is 5.04. The summed E-state index contributed by atoms with van der Waals surface area (Å²) >= 11 is 0. The fraction of sp³-hybridized carbons (Fsp3) is 0.292. The zero-order chi connectivity index (χ0) is 23.1. The molecule has 8 nitrogen and oxygen atoms in total. The Morgan fingerprint density at radius 2 is 1.84 bits per heavy atom. The first kappa shape index (κ1) is 22.9. The second-order valence-corrected chi connectivity index (χ2v) is 7.24. The molecule has 0 bridgehead atoms. The largest absolute Gasteiger partial charge is 0.484 e. The molecule has 8 heteroatoms. The highest BCUT2D eigenvalue weighted by Crippen LogP contribution is 2.24. The van der Waals surface area contributed by atoms with Crippen LogP contribution in [-0.4, -0.2) is 31.6 Å². The molecule has 0 fully saturated rings. The van der Waals surface area contributed by atoms with Gasteiger partial charge in [0.15, 0.2) is 6.61 Å². The third kappa shape index (κ3) is 5.46. The molecule has 0 saturated carbocycles. The summed E-state index contributed by atoms with van der Waals surface area (Å²) in [5, 5.41) is 2.95. The first-order valence-corrected chi connectivity index (χ1v) is 10.2. The number of hydrogen-bond acceptors (Lipinski definition) is 7. The highest BCUT2D eigenvalue weighted by atomic mass is 16.5. The van der Waals surface area contributed by atoms with Crippen molar-refractivity contribution in [1.82, 2.24) is 5.32 Å². The monoisotopic (exact) mass is 439 g/mol. The molecule has 0 aliphatic heterocycles. The molecule has 1 heterocycles. The molecule has 0 saturated heterocycles. The summed E-state index contributed by atoms with van der Waals surface area (Å²) in [4.78, 5) is 36.9. The summed E-state index contributed by atoms with van der Waals surface area (Å²) in [5.41, 5.74) is -0.0331. The van der Waals surface area contributed by atoms with E-state index < -0.39 is 17.9 Å². The second kappa shape index (κ2) is 10.5. The molecule has 168 valence electrons. The number of carbonyl (C=O) groups is 2. The van der Waals surface area contributed by atoms with Crippen LogP contribution in [-0.2, 0) is 14.3 Å². The van der Waals surface area contributed by atoms with Crippen molar-refractivity contribution in [2.24, 2.45) is 5.92 Å². The standard InChI is InChI=1S/C24H25NO7/c1-4-15(2)22(24(28)29-3)25-21(26)14-30-17-10-11-18-19(12-17)31-13-20(23(18)27)32-16-8-6-5-7-9-16/h5-13,15,22H,4,14H2,1-3H3,(H,25,26). The van der Waals surface area contributed by atoms with E-state index in [4.69, 9.17) is 18.6 Å². The van der Waals surface area contributed by atoms with Crippen LogP contribution in [0.25, 0.3) is 11.0 Å². The Kier molecular flexibility index (Phi) is 7.49. The van der Waals surface area contributed by atoms with Crippen LogP contribution >= 0.6 is 0 Å². The van der Waals surface area contributed by atoms with E-state index in [1.54, 1.807) is 36.4 Å². The van der Waals surface area contributed by atoms with E-state index in [0.717, 1.165) is 0 Å². The lowest BCUT2D eigenvalue weighted by Crippen LogP contribution is -2.47. The Morgan fingerprint density at radius 3 is 2.53 bits per heavy atom. The fourth-order valence-corrected chi connectivity index (χ4v) is 3.03. The number of benzene rings is 2. The maximum absolute atomic E-state index is 12.7. The number of para-hydroxylation sites is 1. The number of nitrogens with one attached hydrogen (secondary N) is 1. The van der Waals surface area contributed by atoms with Gasteiger partial charge in [-0.05, 0) is 30.2 Å². The van der Waals surface area contributed by atoms with E-state index in [9.17, 15) is 14.4 Å². The van der Waals surface area contributed by atoms with Gasteiger partial charge >= 0.3 is 5.97 Å². The maximum Gasteiger partial charge on any atom is 0.328 e. The minimum absolute atomic E-state index is 0.0654. The fourth-order valence-electron chi connectivity index (χ4n) is 3.03. The van der Waals surface area contributed by atoms with E-state index in [-0.39, 0.29) is 23.7 Å².